The van der Waals surface area contributed by atoms with Gasteiger partial charge in [-0.3, -0.25) is 9.69 Å². The number of para-hydroxylation sites is 1. The second kappa shape index (κ2) is 11.2. The number of esters is 1. The first kappa shape index (κ1) is 23.2. The first-order chi connectivity index (χ1) is 16.6. The Morgan fingerprint density at radius 1 is 0.882 bits per heavy atom. The molecule has 0 radical (unpaired) electrons. The summed E-state index contributed by atoms with van der Waals surface area (Å²) in [7, 11) is 1.34. The lowest BCUT2D eigenvalue weighted by Gasteiger charge is -2.36. The fourth-order valence-electron chi connectivity index (χ4n) is 3.88. The van der Waals surface area contributed by atoms with Crippen LogP contribution in [0.15, 0.2) is 84.0 Å². The van der Waals surface area contributed by atoms with Gasteiger partial charge in [0.25, 0.3) is 5.91 Å². The van der Waals surface area contributed by atoms with E-state index in [9.17, 15) is 9.59 Å². The van der Waals surface area contributed by atoms with Crippen molar-refractivity contribution in [3.05, 3.63) is 101 Å². The zero-order valence-electron chi connectivity index (χ0n) is 19.2. The van der Waals surface area contributed by atoms with Gasteiger partial charge in [-0.15, -0.1) is 0 Å². The molecule has 1 fully saturated rings. The summed E-state index contributed by atoms with van der Waals surface area (Å²) in [5.74, 6) is -0.667. The summed E-state index contributed by atoms with van der Waals surface area (Å²) >= 11 is 0. The number of carbonyl (C=O) groups excluding carboxylic acids is 2. The van der Waals surface area contributed by atoms with Crippen LogP contribution in [0.1, 0.15) is 31.8 Å². The summed E-state index contributed by atoms with van der Waals surface area (Å²) < 4.78 is 4.68. The second-order valence-corrected chi connectivity index (χ2v) is 8.11. The number of hydrogen-bond donors (Lipinski definition) is 1. The number of nitrogens with zero attached hydrogens (tertiary/aromatic N) is 3. The van der Waals surface area contributed by atoms with Crippen LogP contribution in [-0.4, -0.2) is 56.3 Å². The molecule has 0 unspecified atom stereocenters. The van der Waals surface area contributed by atoms with Crippen molar-refractivity contribution in [2.75, 3.05) is 38.2 Å². The van der Waals surface area contributed by atoms with Crippen LogP contribution < -0.4 is 10.3 Å². The molecule has 0 bridgehead atoms. The van der Waals surface area contributed by atoms with E-state index >= 15 is 0 Å². The highest BCUT2D eigenvalue weighted by Crippen LogP contribution is 2.17. The first-order valence-corrected chi connectivity index (χ1v) is 11.3. The highest BCUT2D eigenvalue weighted by molar-refractivity contribution is 5.95. The number of piperazine rings is 1. The monoisotopic (exact) mass is 456 g/mol. The van der Waals surface area contributed by atoms with Crippen molar-refractivity contribution >= 4 is 23.8 Å². The van der Waals surface area contributed by atoms with Gasteiger partial charge in [-0.1, -0.05) is 42.5 Å². The van der Waals surface area contributed by atoms with Gasteiger partial charge in [0, 0.05) is 44.0 Å². The summed E-state index contributed by atoms with van der Waals surface area (Å²) in [4.78, 5) is 28.7. The number of benzene rings is 3. The van der Waals surface area contributed by atoms with E-state index in [1.54, 1.807) is 24.3 Å². The van der Waals surface area contributed by atoms with Crippen LogP contribution in [0.5, 0.6) is 0 Å². The van der Waals surface area contributed by atoms with Gasteiger partial charge in [0.15, 0.2) is 0 Å². The van der Waals surface area contributed by atoms with Crippen molar-refractivity contribution in [2.45, 2.75) is 6.54 Å². The van der Waals surface area contributed by atoms with Crippen LogP contribution in [-0.2, 0) is 11.3 Å². The Morgan fingerprint density at radius 2 is 1.53 bits per heavy atom. The molecule has 0 atom stereocenters. The van der Waals surface area contributed by atoms with Crippen molar-refractivity contribution in [3.63, 3.8) is 0 Å². The minimum Gasteiger partial charge on any atom is -0.465 e. The third-order valence-corrected chi connectivity index (χ3v) is 5.83. The Kier molecular flexibility index (Phi) is 7.67. The maximum Gasteiger partial charge on any atom is 0.337 e. The van der Waals surface area contributed by atoms with Gasteiger partial charge >= 0.3 is 5.97 Å². The highest BCUT2D eigenvalue weighted by Gasteiger charge is 2.17. The predicted octanol–water partition coefficient (Wildman–Crippen LogP) is 3.56. The second-order valence-electron chi connectivity index (χ2n) is 8.11. The number of nitrogens with one attached hydrogen (secondary N) is 1. The van der Waals surface area contributed by atoms with E-state index in [0.29, 0.717) is 11.1 Å². The minimum atomic E-state index is -0.394. The van der Waals surface area contributed by atoms with Gasteiger partial charge < -0.3 is 9.64 Å². The fourth-order valence-corrected chi connectivity index (χ4v) is 3.88. The maximum absolute atomic E-state index is 12.4. The van der Waals surface area contributed by atoms with Crippen molar-refractivity contribution < 1.29 is 14.3 Å². The molecule has 3 aromatic carbocycles. The molecule has 34 heavy (non-hydrogen) atoms. The molecule has 0 aliphatic carbocycles. The van der Waals surface area contributed by atoms with Crippen molar-refractivity contribution in [3.8, 4) is 0 Å². The van der Waals surface area contributed by atoms with Crippen LogP contribution in [0, 0.1) is 0 Å². The zero-order valence-corrected chi connectivity index (χ0v) is 19.2. The van der Waals surface area contributed by atoms with Crippen molar-refractivity contribution in [1.82, 2.24) is 10.3 Å². The molecule has 1 heterocycles. The molecular formula is C27H28N4O3. The van der Waals surface area contributed by atoms with Gasteiger partial charge in [-0.05, 0) is 47.5 Å². The van der Waals surface area contributed by atoms with Crippen LogP contribution in [0.2, 0.25) is 0 Å². The molecular weight excluding hydrogens is 428 g/mol. The van der Waals surface area contributed by atoms with E-state index in [2.05, 4.69) is 49.3 Å². The van der Waals surface area contributed by atoms with Gasteiger partial charge in [-0.25, -0.2) is 10.2 Å². The number of carbonyl (C=O) groups is 2. The van der Waals surface area contributed by atoms with E-state index in [4.69, 9.17) is 0 Å². The number of amides is 1. The van der Waals surface area contributed by atoms with Gasteiger partial charge in [0.2, 0.25) is 0 Å². The Labute approximate surface area is 199 Å². The normalized spacial score (nSPS) is 14.2. The zero-order chi connectivity index (χ0) is 23.8. The minimum absolute atomic E-state index is 0.273. The largest absolute Gasteiger partial charge is 0.465 e. The average Bonchev–Trinajstić information content (AvgIpc) is 2.90. The smallest absolute Gasteiger partial charge is 0.337 e. The van der Waals surface area contributed by atoms with Gasteiger partial charge in [0.1, 0.15) is 0 Å². The molecule has 4 rings (SSSR count). The number of methoxy groups -OCH3 is 1. The Hall–Kier alpha value is -3.97. The summed E-state index contributed by atoms with van der Waals surface area (Å²) in [6.07, 6.45) is 1.53. The quantitative estimate of drug-likeness (QED) is 0.334. The Balaban J connectivity index is 1.24. The average molecular weight is 457 g/mol. The van der Waals surface area contributed by atoms with Gasteiger partial charge in [0.05, 0.1) is 18.9 Å². The van der Waals surface area contributed by atoms with Gasteiger partial charge in [-0.2, -0.15) is 5.10 Å². The fraction of sp³-hybridized carbons (Fsp3) is 0.222. The topological polar surface area (TPSA) is 74.2 Å². The summed E-state index contributed by atoms with van der Waals surface area (Å²) in [6.45, 7) is 4.89. The molecule has 1 amide bonds. The molecule has 1 saturated heterocycles. The number of hydrazone groups is 1. The van der Waals surface area contributed by atoms with Crippen molar-refractivity contribution in [2.24, 2.45) is 5.10 Å². The predicted molar refractivity (Wildman–Crippen MR) is 133 cm³/mol. The number of hydrogen-bond acceptors (Lipinski definition) is 6. The first-order valence-electron chi connectivity index (χ1n) is 11.3. The Bertz CT molecular complexity index is 1120. The lowest BCUT2D eigenvalue weighted by molar-refractivity contribution is 0.0600. The van der Waals surface area contributed by atoms with E-state index < -0.39 is 5.97 Å². The van der Waals surface area contributed by atoms with Crippen LogP contribution in [0.4, 0.5) is 5.69 Å². The molecule has 7 heteroatoms. The SMILES string of the molecule is COC(=O)c1ccc(/C=N\NC(=O)c2ccc(CN3CCN(c4ccccc4)CC3)cc2)cc1. The summed E-state index contributed by atoms with van der Waals surface area (Å²) in [5, 5.41) is 4.01. The maximum atomic E-state index is 12.4. The highest BCUT2D eigenvalue weighted by atomic mass is 16.5. The third kappa shape index (κ3) is 6.08. The molecule has 174 valence electrons. The molecule has 1 aliphatic heterocycles. The number of anilines is 1. The Morgan fingerprint density at radius 3 is 2.18 bits per heavy atom. The molecule has 3 aromatic rings. The molecule has 0 saturated carbocycles. The van der Waals surface area contributed by atoms with Crippen LogP contribution in [0.3, 0.4) is 0 Å². The lowest BCUT2D eigenvalue weighted by atomic mass is 10.1. The summed E-state index contributed by atoms with van der Waals surface area (Å²) in [5.41, 5.74) is 6.77. The van der Waals surface area contributed by atoms with Crippen LogP contribution >= 0.6 is 0 Å². The third-order valence-electron chi connectivity index (χ3n) is 5.83. The van der Waals surface area contributed by atoms with E-state index in [1.165, 1.54) is 24.6 Å². The van der Waals surface area contributed by atoms with E-state index in [1.807, 2.05) is 30.3 Å². The molecule has 0 aromatic heterocycles. The van der Waals surface area contributed by atoms with Crippen LogP contribution in [0.25, 0.3) is 0 Å². The molecule has 0 spiro atoms. The standard InChI is InChI=1S/C27H28N4O3/c1-34-27(33)24-13-7-21(8-14-24)19-28-29-26(32)23-11-9-22(10-12-23)20-30-15-17-31(18-16-30)25-5-3-2-4-6-25/h2-14,19H,15-18,20H2,1H3,(H,29,32)/b28-19-. The molecule has 7 nitrogen and oxygen atoms in total. The lowest BCUT2D eigenvalue weighted by Crippen LogP contribution is -2.45. The number of rotatable bonds is 7. The summed E-state index contributed by atoms with van der Waals surface area (Å²) in [6, 6.07) is 24.9. The van der Waals surface area contributed by atoms with Crippen molar-refractivity contribution in [1.29, 1.82) is 0 Å². The molecule has 1 N–H and O–H groups in total. The van der Waals surface area contributed by atoms with E-state index in [-0.39, 0.29) is 5.91 Å². The number of ether oxygens (including phenoxy) is 1. The molecule has 1 aliphatic rings. The van der Waals surface area contributed by atoms with E-state index in [0.717, 1.165) is 38.3 Å².